The molecule has 0 saturated heterocycles. The van der Waals surface area contributed by atoms with Gasteiger partial charge in [0, 0.05) is 6.54 Å². The highest BCUT2D eigenvalue weighted by molar-refractivity contribution is 6.32. The van der Waals surface area contributed by atoms with Gasteiger partial charge in [-0.25, -0.2) is 9.67 Å². The van der Waals surface area contributed by atoms with Crippen molar-refractivity contribution < 1.29 is 0 Å². The van der Waals surface area contributed by atoms with E-state index in [1.54, 1.807) is 29.3 Å². The summed E-state index contributed by atoms with van der Waals surface area (Å²) in [6, 6.07) is 17.3. The summed E-state index contributed by atoms with van der Waals surface area (Å²) in [6.45, 7) is 1.20. The van der Waals surface area contributed by atoms with Gasteiger partial charge in [0.2, 0.25) is 0 Å². The lowest BCUT2D eigenvalue weighted by molar-refractivity contribution is 0.684. The molecule has 0 atom stereocenters. The predicted molar refractivity (Wildman–Crippen MR) is 108 cm³/mol. The fourth-order valence-electron chi connectivity index (χ4n) is 2.77. The number of benzene rings is 2. The molecule has 2 heterocycles. The van der Waals surface area contributed by atoms with E-state index >= 15 is 0 Å². The second-order valence-electron chi connectivity index (χ2n) is 6.19. The van der Waals surface area contributed by atoms with Gasteiger partial charge in [-0.15, -0.1) is 0 Å². The first-order valence-electron chi connectivity index (χ1n) is 8.68. The highest BCUT2D eigenvalue weighted by atomic mass is 35.5. The molecule has 0 spiro atoms. The van der Waals surface area contributed by atoms with E-state index in [2.05, 4.69) is 20.5 Å². The Morgan fingerprint density at radius 2 is 1.71 bits per heavy atom. The van der Waals surface area contributed by atoms with Gasteiger partial charge in [-0.1, -0.05) is 54.1 Å². The van der Waals surface area contributed by atoms with E-state index in [1.807, 2.05) is 42.5 Å². The first-order chi connectivity index (χ1) is 13.7. The molecule has 2 aromatic heterocycles. The number of aromatic nitrogens is 5. The molecule has 140 valence electrons. The smallest absolute Gasteiger partial charge is 0.292 e. The maximum absolute atomic E-state index is 12.5. The number of rotatable bonds is 6. The third-order valence-electron chi connectivity index (χ3n) is 4.24. The largest absolute Gasteiger partial charge is 0.378 e. The topological polar surface area (TPSA) is 77.6 Å². The first-order valence-corrected chi connectivity index (χ1v) is 9.06. The predicted octanol–water partition coefficient (Wildman–Crippen LogP) is 3.14. The summed E-state index contributed by atoms with van der Waals surface area (Å²) in [4.78, 5) is 16.4. The average Bonchev–Trinajstić information content (AvgIpc) is 3.24. The molecule has 0 amide bonds. The zero-order valence-electron chi connectivity index (χ0n) is 14.9. The molecular weight excluding hydrogens is 376 g/mol. The number of hydrogen-bond donors (Lipinski definition) is 1. The van der Waals surface area contributed by atoms with E-state index in [1.165, 1.54) is 11.0 Å². The van der Waals surface area contributed by atoms with Crippen molar-refractivity contribution in [3.63, 3.8) is 0 Å². The Kier molecular flexibility index (Phi) is 5.16. The van der Waals surface area contributed by atoms with Crippen molar-refractivity contribution >= 4 is 17.3 Å². The fourth-order valence-corrected chi connectivity index (χ4v) is 2.97. The molecule has 0 fully saturated rings. The number of nitrogens with zero attached hydrogens (tertiary/aromatic N) is 5. The van der Waals surface area contributed by atoms with Gasteiger partial charge in [-0.05, 0) is 23.3 Å². The fraction of sp³-hybridized carbons (Fsp3) is 0.100. The van der Waals surface area contributed by atoms with Crippen LogP contribution in [-0.4, -0.2) is 24.5 Å². The van der Waals surface area contributed by atoms with Crippen LogP contribution in [0.2, 0.25) is 5.02 Å². The summed E-state index contributed by atoms with van der Waals surface area (Å²) >= 11 is 6.27. The molecule has 0 saturated carbocycles. The zero-order valence-corrected chi connectivity index (χ0v) is 15.6. The third-order valence-corrected chi connectivity index (χ3v) is 4.60. The molecule has 0 aliphatic heterocycles. The average molecular weight is 393 g/mol. The Balaban J connectivity index is 1.45. The van der Waals surface area contributed by atoms with Crippen LogP contribution in [0.3, 0.4) is 0 Å². The third kappa shape index (κ3) is 3.94. The summed E-state index contributed by atoms with van der Waals surface area (Å²) in [5.41, 5.74) is 3.00. The van der Waals surface area contributed by atoms with Crippen molar-refractivity contribution in [3.05, 3.63) is 100.0 Å². The molecule has 2 aromatic carbocycles. The highest BCUT2D eigenvalue weighted by Crippen LogP contribution is 2.18. The molecule has 0 radical (unpaired) electrons. The van der Waals surface area contributed by atoms with Gasteiger partial charge in [0.25, 0.3) is 5.56 Å². The summed E-state index contributed by atoms with van der Waals surface area (Å²) in [5.74, 6) is 0. The van der Waals surface area contributed by atoms with Crippen molar-refractivity contribution in [1.29, 1.82) is 0 Å². The normalized spacial score (nSPS) is 10.8. The molecule has 4 aromatic rings. The quantitative estimate of drug-likeness (QED) is 0.545. The van der Waals surface area contributed by atoms with Crippen LogP contribution >= 0.6 is 11.6 Å². The molecular formula is C20H17ClN6O. The van der Waals surface area contributed by atoms with Crippen LogP contribution in [0.1, 0.15) is 11.1 Å². The SMILES string of the molecule is O=c1c(Cl)c(NCc2ccc(Cn3cncn3)cc2)cnn1-c1ccccc1. The van der Waals surface area contributed by atoms with E-state index in [9.17, 15) is 4.79 Å². The van der Waals surface area contributed by atoms with Crippen molar-refractivity contribution in [2.24, 2.45) is 0 Å². The van der Waals surface area contributed by atoms with E-state index in [-0.39, 0.29) is 10.6 Å². The Bertz CT molecular complexity index is 1110. The van der Waals surface area contributed by atoms with Crippen LogP contribution in [0, 0.1) is 0 Å². The van der Waals surface area contributed by atoms with Gasteiger partial charge in [-0.3, -0.25) is 4.79 Å². The summed E-state index contributed by atoms with van der Waals surface area (Å²) in [6.07, 6.45) is 4.76. The van der Waals surface area contributed by atoms with E-state index in [0.29, 0.717) is 24.5 Å². The Morgan fingerprint density at radius 1 is 0.964 bits per heavy atom. The van der Waals surface area contributed by atoms with E-state index in [0.717, 1.165) is 11.1 Å². The van der Waals surface area contributed by atoms with Crippen LogP contribution in [0.25, 0.3) is 5.69 Å². The van der Waals surface area contributed by atoms with Crippen molar-refractivity contribution in [2.45, 2.75) is 13.1 Å². The minimum atomic E-state index is -0.360. The maximum atomic E-state index is 12.5. The number of para-hydroxylation sites is 1. The molecule has 0 aliphatic carbocycles. The Hall–Kier alpha value is -3.45. The number of halogens is 1. The highest BCUT2D eigenvalue weighted by Gasteiger charge is 2.10. The van der Waals surface area contributed by atoms with Gasteiger partial charge < -0.3 is 5.32 Å². The molecule has 4 rings (SSSR count). The van der Waals surface area contributed by atoms with Crippen molar-refractivity contribution in [3.8, 4) is 5.69 Å². The van der Waals surface area contributed by atoms with Crippen LogP contribution in [0.5, 0.6) is 0 Å². The zero-order chi connectivity index (χ0) is 19.3. The molecule has 0 unspecified atom stereocenters. The second kappa shape index (κ2) is 8.06. The molecule has 1 N–H and O–H groups in total. The van der Waals surface area contributed by atoms with Gasteiger partial charge in [0.1, 0.15) is 17.7 Å². The molecule has 8 heteroatoms. The van der Waals surface area contributed by atoms with Gasteiger partial charge in [0.05, 0.1) is 24.1 Å². The summed E-state index contributed by atoms with van der Waals surface area (Å²) in [5, 5.41) is 11.6. The Morgan fingerprint density at radius 3 is 2.43 bits per heavy atom. The van der Waals surface area contributed by atoms with Crippen LogP contribution in [0.4, 0.5) is 5.69 Å². The number of hydrogen-bond acceptors (Lipinski definition) is 5. The lowest BCUT2D eigenvalue weighted by Crippen LogP contribution is -2.22. The minimum Gasteiger partial charge on any atom is -0.378 e. The van der Waals surface area contributed by atoms with E-state index < -0.39 is 0 Å². The van der Waals surface area contributed by atoms with Crippen molar-refractivity contribution in [2.75, 3.05) is 5.32 Å². The van der Waals surface area contributed by atoms with E-state index in [4.69, 9.17) is 11.6 Å². The monoisotopic (exact) mass is 392 g/mol. The molecule has 7 nitrogen and oxygen atoms in total. The maximum Gasteiger partial charge on any atom is 0.292 e. The molecule has 0 aliphatic rings. The lowest BCUT2D eigenvalue weighted by Gasteiger charge is -2.11. The lowest BCUT2D eigenvalue weighted by atomic mass is 10.1. The Labute approximate surface area is 166 Å². The summed E-state index contributed by atoms with van der Waals surface area (Å²) < 4.78 is 3.05. The first kappa shape index (κ1) is 17.9. The van der Waals surface area contributed by atoms with Gasteiger partial charge in [0.15, 0.2) is 0 Å². The standard InChI is InChI=1S/C20H17ClN6O/c21-19-18(11-24-27(20(19)28)17-4-2-1-3-5-17)23-10-15-6-8-16(9-7-15)12-26-14-22-13-25-26/h1-9,11,13-14,23H,10,12H2. The minimum absolute atomic E-state index is 0.113. The molecule has 0 bridgehead atoms. The van der Waals surface area contributed by atoms with Gasteiger partial charge in [-0.2, -0.15) is 14.9 Å². The van der Waals surface area contributed by atoms with Crippen LogP contribution in [-0.2, 0) is 13.1 Å². The number of nitrogens with one attached hydrogen (secondary N) is 1. The van der Waals surface area contributed by atoms with Gasteiger partial charge >= 0.3 is 0 Å². The second-order valence-corrected chi connectivity index (χ2v) is 6.57. The van der Waals surface area contributed by atoms with Crippen molar-refractivity contribution in [1.82, 2.24) is 24.5 Å². The van der Waals surface area contributed by atoms with Crippen LogP contribution in [0.15, 0.2) is 78.2 Å². The van der Waals surface area contributed by atoms with Crippen LogP contribution < -0.4 is 10.9 Å². The number of anilines is 1. The molecule has 28 heavy (non-hydrogen) atoms. The summed E-state index contributed by atoms with van der Waals surface area (Å²) in [7, 11) is 0.